The third kappa shape index (κ3) is 2.56. The van der Waals surface area contributed by atoms with Gasteiger partial charge in [0, 0.05) is 12.7 Å². The van der Waals surface area contributed by atoms with Crippen molar-refractivity contribution in [3.8, 4) is 0 Å². The van der Waals surface area contributed by atoms with Gasteiger partial charge in [-0.05, 0) is 36.6 Å². The van der Waals surface area contributed by atoms with Crippen molar-refractivity contribution in [1.29, 1.82) is 0 Å². The number of rotatable bonds is 3. The van der Waals surface area contributed by atoms with Crippen molar-refractivity contribution in [2.45, 2.75) is 20.3 Å². The fourth-order valence-corrected chi connectivity index (χ4v) is 1.78. The standard InChI is InChI=1S/C13H16N4O/c1-4-10-7-11(6-5-9(10)2)14-13(18)12-8-17(3)16-15-12/h5-8H,4H2,1-3H3,(H,14,18). The molecule has 0 saturated carbocycles. The van der Waals surface area contributed by atoms with Gasteiger partial charge >= 0.3 is 0 Å². The first-order valence-electron chi connectivity index (χ1n) is 5.87. The molecule has 0 aliphatic carbocycles. The van der Waals surface area contributed by atoms with Gasteiger partial charge in [0.1, 0.15) is 0 Å². The first-order valence-corrected chi connectivity index (χ1v) is 5.87. The number of aromatic nitrogens is 3. The molecule has 0 radical (unpaired) electrons. The molecule has 0 atom stereocenters. The number of carbonyl (C=O) groups excluding carboxylic acids is 1. The van der Waals surface area contributed by atoms with Gasteiger partial charge in [-0.25, -0.2) is 0 Å². The lowest BCUT2D eigenvalue weighted by Crippen LogP contribution is -2.12. The fourth-order valence-electron chi connectivity index (χ4n) is 1.78. The zero-order valence-corrected chi connectivity index (χ0v) is 10.8. The molecule has 2 aromatic rings. The van der Waals surface area contributed by atoms with Gasteiger partial charge in [0.15, 0.2) is 5.69 Å². The number of nitrogens with one attached hydrogen (secondary N) is 1. The second-order valence-electron chi connectivity index (χ2n) is 4.23. The van der Waals surface area contributed by atoms with E-state index in [1.807, 2.05) is 18.2 Å². The topological polar surface area (TPSA) is 59.8 Å². The second-order valence-corrected chi connectivity index (χ2v) is 4.23. The van der Waals surface area contributed by atoms with Crippen molar-refractivity contribution in [2.24, 2.45) is 7.05 Å². The average Bonchev–Trinajstić information content (AvgIpc) is 2.78. The van der Waals surface area contributed by atoms with E-state index in [2.05, 4.69) is 29.5 Å². The van der Waals surface area contributed by atoms with Gasteiger partial charge < -0.3 is 5.32 Å². The van der Waals surface area contributed by atoms with Crippen molar-refractivity contribution < 1.29 is 4.79 Å². The van der Waals surface area contributed by atoms with Crippen LogP contribution in [-0.2, 0) is 13.5 Å². The SMILES string of the molecule is CCc1cc(NC(=O)c2cn(C)nn2)ccc1C. The monoisotopic (exact) mass is 244 g/mol. The lowest BCUT2D eigenvalue weighted by atomic mass is 10.1. The van der Waals surface area contributed by atoms with E-state index in [0.29, 0.717) is 5.69 Å². The third-order valence-electron chi connectivity index (χ3n) is 2.82. The predicted molar refractivity (Wildman–Crippen MR) is 69.5 cm³/mol. The minimum atomic E-state index is -0.242. The Kier molecular flexibility index (Phi) is 3.41. The normalized spacial score (nSPS) is 10.4. The molecule has 5 heteroatoms. The van der Waals surface area contributed by atoms with E-state index in [-0.39, 0.29) is 5.91 Å². The number of benzene rings is 1. The summed E-state index contributed by atoms with van der Waals surface area (Å²) in [6.07, 6.45) is 2.53. The summed E-state index contributed by atoms with van der Waals surface area (Å²) < 4.78 is 1.50. The Morgan fingerprint density at radius 2 is 2.22 bits per heavy atom. The highest BCUT2D eigenvalue weighted by Gasteiger charge is 2.10. The lowest BCUT2D eigenvalue weighted by Gasteiger charge is -2.07. The zero-order valence-electron chi connectivity index (χ0n) is 10.8. The van der Waals surface area contributed by atoms with E-state index in [0.717, 1.165) is 12.1 Å². The molecule has 0 aliphatic heterocycles. The van der Waals surface area contributed by atoms with E-state index >= 15 is 0 Å². The van der Waals surface area contributed by atoms with Crippen LogP contribution in [0.15, 0.2) is 24.4 Å². The maximum Gasteiger partial charge on any atom is 0.277 e. The lowest BCUT2D eigenvalue weighted by molar-refractivity contribution is 0.102. The minimum Gasteiger partial charge on any atom is -0.321 e. The molecule has 94 valence electrons. The molecule has 2 rings (SSSR count). The molecule has 0 fully saturated rings. The summed E-state index contributed by atoms with van der Waals surface area (Å²) >= 11 is 0. The van der Waals surface area contributed by atoms with Gasteiger partial charge in [0.25, 0.3) is 5.91 Å². The van der Waals surface area contributed by atoms with E-state index in [1.54, 1.807) is 13.2 Å². The Hall–Kier alpha value is -2.17. The Morgan fingerprint density at radius 1 is 1.44 bits per heavy atom. The van der Waals surface area contributed by atoms with Crippen LogP contribution in [0, 0.1) is 6.92 Å². The molecular formula is C13H16N4O. The Labute approximate surface area is 106 Å². The molecule has 18 heavy (non-hydrogen) atoms. The van der Waals surface area contributed by atoms with Crippen LogP contribution >= 0.6 is 0 Å². The highest BCUT2D eigenvalue weighted by molar-refractivity contribution is 6.02. The molecular weight excluding hydrogens is 228 g/mol. The molecule has 0 bridgehead atoms. The van der Waals surface area contributed by atoms with Crippen LogP contribution in [0.5, 0.6) is 0 Å². The van der Waals surface area contributed by atoms with Gasteiger partial charge in [-0.2, -0.15) is 0 Å². The molecule has 1 aromatic carbocycles. The first kappa shape index (κ1) is 12.3. The maximum absolute atomic E-state index is 11.9. The second kappa shape index (κ2) is 5.00. The van der Waals surface area contributed by atoms with E-state index in [1.165, 1.54) is 15.8 Å². The predicted octanol–water partition coefficient (Wildman–Crippen LogP) is 1.94. The van der Waals surface area contributed by atoms with E-state index < -0.39 is 0 Å². The van der Waals surface area contributed by atoms with E-state index in [4.69, 9.17) is 0 Å². The quantitative estimate of drug-likeness (QED) is 0.897. The summed E-state index contributed by atoms with van der Waals surface area (Å²) in [6.45, 7) is 4.16. The number of anilines is 1. The molecule has 1 amide bonds. The summed E-state index contributed by atoms with van der Waals surface area (Å²) in [6, 6.07) is 5.89. The summed E-state index contributed by atoms with van der Waals surface area (Å²) in [5.74, 6) is -0.242. The van der Waals surface area contributed by atoms with Crippen LogP contribution in [0.1, 0.15) is 28.5 Å². The number of carbonyl (C=O) groups is 1. The van der Waals surface area contributed by atoms with Crippen LogP contribution < -0.4 is 5.32 Å². The highest BCUT2D eigenvalue weighted by Crippen LogP contribution is 2.16. The average molecular weight is 244 g/mol. The number of hydrogen-bond acceptors (Lipinski definition) is 3. The maximum atomic E-state index is 11.9. The molecule has 0 saturated heterocycles. The van der Waals surface area contributed by atoms with Gasteiger partial charge in [0.2, 0.25) is 0 Å². The van der Waals surface area contributed by atoms with Crippen LogP contribution in [0.25, 0.3) is 0 Å². The van der Waals surface area contributed by atoms with Gasteiger partial charge in [0.05, 0.1) is 6.20 Å². The van der Waals surface area contributed by atoms with Crippen LogP contribution in [-0.4, -0.2) is 20.9 Å². The highest BCUT2D eigenvalue weighted by atomic mass is 16.2. The smallest absolute Gasteiger partial charge is 0.277 e. The van der Waals surface area contributed by atoms with Crippen molar-refractivity contribution in [1.82, 2.24) is 15.0 Å². The minimum absolute atomic E-state index is 0.242. The van der Waals surface area contributed by atoms with Crippen molar-refractivity contribution in [2.75, 3.05) is 5.32 Å². The molecule has 0 spiro atoms. The van der Waals surface area contributed by atoms with Crippen molar-refractivity contribution in [3.05, 3.63) is 41.2 Å². The molecule has 5 nitrogen and oxygen atoms in total. The summed E-state index contributed by atoms with van der Waals surface area (Å²) in [5.41, 5.74) is 3.56. The molecule has 1 N–H and O–H groups in total. The Balaban J connectivity index is 2.16. The number of amides is 1. The first-order chi connectivity index (χ1) is 8.60. The van der Waals surface area contributed by atoms with Crippen LogP contribution in [0.4, 0.5) is 5.69 Å². The fraction of sp³-hybridized carbons (Fsp3) is 0.308. The van der Waals surface area contributed by atoms with Gasteiger partial charge in [-0.3, -0.25) is 9.48 Å². The largest absolute Gasteiger partial charge is 0.321 e. The zero-order chi connectivity index (χ0) is 13.1. The van der Waals surface area contributed by atoms with Crippen LogP contribution in [0.2, 0.25) is 0 Å². The Morgan fingerprint density at radius 3 is 2.83 bits per heavy atom. The molecule has 1 aromatic heterocycles. The van der Waals surface area contributed by atoms with Gasteiger partial charge in [-0.1, -0.05) is 18.2 Å². The summed E-state index contributed by atoms with van der Waals surface area (Å²) in [7, 11) is 1.73. The summed E-state index contributed by atoms with van der Waals surface area (Å²) in [4.78, 5) is 11.9. The van der Waals surface area contributed by atoms with Gasteiger partial charge in [-0.15, -0.1) is 5.10 Å². The number of hydrogen-bond donors (Lipinski definition) is 1. The molecule has 0 unspecified atom stereocenters. The molecule has 0 aliphatic rings. The van der Waals surface area contributed by atoms with Crippen molar-refractivity contribution in [3.63, 3.8) is 0 Å². The van der Waals surface area contributed by atoms with Crippen LogP contribution in [0.3, 0.4) is 0 Å². The van der Waals surface area contributed by atoms with E-state index in [9.17, 15) is 4.79 Å². The molecule has 1 heterocycles. The van der Waals surface area contributed by atoms with Crippen molar-refractivity contribution >= 4 is 11.6 Å². The third-order valence-corrected chi connectivity index (χ3v) is 2.82. The Bertz CT molecular complexity index is 574. The number of nitrogens with zero attached hydrogens (tertiary/aromatic N) is 3. The summed E-state index contributed by atoms with van der Waals surface area (Å²) in [5, 5.41) is 10.3. The number of aryl methyl sites for hydroxylation is 3.